The van der Waals surface area contributed by atoms with Gasteiger partial charge in [-0.2, -0.15) is 0 Å². The number of carbonyl (C=O) groups is 3. The van der Waals surface area contributed by atoms with Crippen LogP contribution in [0.2, 0.25) is 0 Å². The third kappa shape index (κ3) is 4.98. The summed E-state index contributed by atoms with van der Waals surface area (Å²) >= 11 is 0. The van der Waals surface area contributed by atoms with Gasteiger partial charge >= 0.3 is 6.03 Å². The number of nitrogens with one attached hydrogen (secondary N) is 3. The van der Waals surface area contributed by atoms with E-state index in [9.17, 15) is 14.4 Å². The third-order valence-electron chi connectivity index (χ3n) is 3.59. The SMILES string of the molecule is CC(=O)NCCNC(=O)N[C@H]1CC(=O)N(c2ccc(C)cc2)C1. The van der Waals surface area contributed by atoms with Gasteiger partial charge in [-0.05, 0) is 19.1 Å². The molecule has 124 valence electrons. The van der Waals surface area contributed by atoms with Gasteiger partial charge in [-0.3, -0.25) is 9.59 Å². The van der Waals surface area contributed by atoms with E-state index < -0.39 is 0 Å². The third-order valence-corrected chi connectivity index (χ3v) is 3.59. The van der Waals surface area contributed by atoms with E-state index in [0.29, 0.717) is 19.6 Å². The molecule has 0 aliphatic carbocycles. The maximum absolute atomic E-state index is 12.1. The van der Waals surface area contributed by atoms with Crippen molar-refractivity contribution in [2.75, 3.05) is 24.5 Å². The van der Waals surface area contributed by atoms with Crippen LogP contribution in [-0.2, 0) is 9.59 Å². The van der Waals surface area contributed by atoms with Crippen molar-refractivity contribution in [3.05, 3.63) is 29.8 Å². The smallest absolute Gasteiger partial charge is 0.315 e. The van der Waals surface area contributed by atoms with Gasteiger partial charge in [0.05, 0.1) is 6.04 Å². The Balaban J connectivity index is 1.79. The van der Waals surface area contributed by atoms with E-state index in [1.807, 2.05) is 31.2 Å². The van der Waals surface area contributed by atoms with Gasteiger partial charge < -0.3 is 20.9 Å². The first-order valence-corrected chi connectivity index (χ1v) is 7.61. The molecule has 0 unspecified atom stereocenters. The zero-order valence-electron chi connectivity index (χ0n) is 13.4. The lowest BCUT2D eigenvalue weighted by Gasteiger charge is -2.17. The summed E-state index contributed by atoms with van der Waals surface area (Å²) in [7, 11) is 0. The van der Waals surface area contributed by atoms with Crippen molar-refractivity contribution >= 4 is 23.5 Å². The summed E-state index contributed by atoms with van der Waals surface area (Å²) in [4.78, 5) is 36.3. The highest BCUT2D eigenvalue weighted by Crippen LogP contribution is 2.21. The molecule has 1 aromatic rings. The van der Waals surface area contributed by atoms with Crippen molar-refractivity contribution in [1.82, 2.24) is 16.0 Å². The Labute approximate surface area is 135 Å². The summed E-state index contributed by atoms with van der Waals surface area (Å²) in [6.07, 6.45) is 0.285. The monoisotopic (exact) mass is 318 g/mol. The number of rotatable bonds is 5. The summed E-state index contributed by atoms with van der Waals surface area (Å²) in [6, 6.07) is 7.17. The molecule has 3 N–H and O–H groups in total. The Morgan fingerprint density at radius 2 is 1.83 bits per heavy atom. The van der Waals surface area contributed by atoms with Gasteiger partial charge in [-0.25, -0.2) is 4.79 Å². The number of aryl methyl sites for hydroxylation is 1. The minimum Gasteiger partial charge on any atom is -0.355 e. The van der Waals surface area contributed by atoms with E-state index in [0.717, 1.165) is 11.3 Å². The molecule has 7 heteroatoms. The zero-order valence-corrected chi connectivity index (χ0v) is 13.4. The first-order chi connectivity index (χ1) is 11.0. The van der Waals surface area contributed by atoms with Crippen molar-refractivity contribution in [2.24, 2.45) is 0 Å². The second-order valence-corrected chi connectivity index (χ2v) is 5.62. The molecule has 1 heterocycles. The number of anilines is 1. The molecule has 0 aromatic heterocycles. The normalized spacial score (nSPS) is 17.0. The topological polar surface area (TPSA) is 90.5 Å². The second-order valence-electron chi connectivity index (χ2n) is 5.62. The summed E-state index contributed by atoms with van der Waals surface area (Å²) in [6.45, 7) is 4.59. The molecule has 0 radical (unpaired) electrons. The fourth-order valence-corrected chi connectivity index (χ4v) is 2.43. The lowest BCUT2D eigenvalue weighted by atomic mass is 10.2. The highest BCUT2D eigenvalue weighted by atomic mass is 16.2. The molecule has 1 aliphatic heterocycles. The Kier molecular flexibility index (Phi) is 5.56. The molecule has 23 heavy (non-hydrogen) atoms. The van der Waals surface area contributed by atoms with Gasteiger partial charge in [0.25, 0.3) is 0 Å². The van der Waals surface area contributed by atoms with Crippen LogP contribution in [0.15, 0.2) is 24.3 Å². The molecule has 0 saturated carbocycles. The predicted octanol–water partition coefficient (Wildman–Crippen LogP) is 0.536. The van der Waals surface area contributed by atoms with E-state index in [-0.39, 0.29) is 30.3 Å². The van der Waals surface area contributed by atoms with Crippen LogP contribution in [0.4, 0.5) is 10.5 Å². The second kappa shape index (κ2) is 7.62. The average Bonchev–Trinajstić information content (AvgIpc) is 2.85. The van der Waals surface area contributed by atoms with Gasteiger partial charge in [0.2, 0.25) is 11.8 Å². The maximum atomic E-state index is 12.1. The van der Waals surface area contributed by atoms with Crippen LogP contribution in [0.5, 0.6) is 0 Å². The van der Waals surface area contributed by atoms with Crippen molar-refractivity contribution in [3.8, 4) is 0 Å². The molecule has 1 aromatic carbocycles. The quantitative estimate of drug-likeness (QED) is 0.692. The van der Waals surface area contributed by atoms with Crippen molar-refractivity contribution in [3.63, 3.8) is 0 Å². The van der Waals surface area contributed by atoms with E-state index in [1.54, 1.807) is 4.90 Å². The maximum Gasteiger partial charge on any atom is 0.315 e. The van der Waals surface area contributed by atoms with E-state index in [4.69, 9.17) is 0 Å². The first kappa shape index (κ1) is 16.8. The molecular weight excluding hydrogens is 296 g/mol. The predicted molar refractivity (Wildman–Crippen MR) is 87.2 cm³/mol. The number of amides is 4. The van der Waals surface area contributed by atoms with E-state index in [1.165, 1.54) is 6.92 Å². The van der Waals surface area contributed by atoms with Crippen LogP contribution in [0.25, 0.3) is 0 Å². The highest BCUT2D eigenvalue weighted by Gasteiger charge is 2.31. The number of nitrogens with zero attached hydrogens (tertiary/aromatic N) is 1. The Morgan fingerprint density at radius 1 is 1.17 bits per heavy atom. The summed E-state index contributed by atoms with van der Waals surface area (Å²) in [5.41, 5.74) is 1.98. The van der Waals surface area contributed by atoms with Crippen LogP contribution in [0.3, 0.4) is 0 Å². The van der Waals surface area contributed by atoms with Crippen molar-refractivity contribution < 1.29 is 14.4 Å². The Morgan fingerprint density at radius 3 is 2.48 bits per heavy atom. The van der Waals surface area contributed by atoms with Gasteiger partial charge in [0.15, 0.2) is 0 Å². The molecule has 0 bridgehead atoms. The molecule has 1 atom stereocenters. The number of carbonyl (C=O) groups excluding carboxylic acids is 3. The van der Waals surface area contributed by atoms with Gasteiger partial charge in [-0.15, -0.1) is 0 Å². The van der Waals surface area contributed by atoms with Gasteiger partial charge in [0.1, 0.15) is 0 Å². The molecule has 0 spiro atoms. The number of hydrogen-bond donors (Lipinski definition) is 3. The summed E-state index contributed by atoms with van der Waals surface area (Å²) < 4.78 is 0. The number of hydrogen-bond acceptors (Lipinski definition) is 3. The largest absolute Gasteiger partial charge is 0.355 e. The fraction of sp³-hybridized carbons (Fsp3) is 0.438. The molecule has 1 fully saturated rings. The van der Waals surface area contributed by atoms with E-state index in [2.05, 4.69) is 16.0 Å². The van der Waals surface area contributed by atoms with Crippen LogP contribution >= 0.6 is 0 Å². The Hall–Kier alpha value is -2.57. The van der Waals surface area contributed by atoms with Crippen LogP contribution in [0.1, 0.15) is 18.9 Å². The molecule has 1 saturated heterocycles. The standard InChI is InChI=1S/C16H22N4O3/c1-11-3-5-14(6-4-11)20-10-13(9-15(20)22)19-16(23)18-8-7-17-12(2)21/h3-6,13H,7-10H2,1-2H3,(H,17,21)(H2,18,19,23)/t13-/m0/s1. The zero-order chi connectivity index (χ0) is 16.8. The number of urea groups is 1. The minimum atomic E-state index is -0.334. The lowest BCUT2D eigenvalue weighted by Crippen LogP contribution is -2.45. The van der Waals surface area contributed by atoms with Crippen LogP contribution in [-0.4, -0.2) is 43.5 Å². The summed E-state index contributed by atoms with van der Waals surface area (Å²) in [5, 5.41) is 8.02. The van der Waals surface area contributed by atoms with Gasteiger partial charge in [-0.1, -0.05) is 17.7 Å². The lowest BCUT2D eigenvalue weighted by molar-refractivity contribution is -0.119. The molecule has 1 aliphatic rings. The van der Waals surface area contributed by atoms with Gasteiger partial charge in [0, 0.05) is 38.7 Å². The number of benzene rings is 1. The van der Waals surface area contributed by atoms with E-state index >= 15 is 0 Å². The van der Waals surface area contributed by atoms with Crippen LogP contribution in [0, 0.1) is 6.92 Å². The van der Waals surface area contributed by atoms with Crippen molar-refractivity contribution in [1.29, 1.82) is 0 Å². The molecule has 4 amide bonds. The Bertz CT molecular complexity index is 585. The molecule has 2 rings (SSSR count). The first-order valence-electron chi connectivity index (χ1n) is 7.61. The van der Waals surface area contributed by atoms with Crippen molar-refractivity contribution in [2.45, 2.75) is 26.3 Å². The highest BCUT2D eigenvalue weighted by molar-refractivity contribution is 5.96. The molecule has 7 nitrogen and oxygen atoms in total. The average molecular weight is 318 g/mol. The summed E-state index contributed by atoms with van der Waals surface area (Å²) in [5.74, 6) is -0.139. The fourth-order valence-electron chi connectivity index (χ4n) is 2.43. The molecular formula is C16H22N4O3. The van der Waals surface area contributed by atoms with Crippen LogP contribution < -0.4 is 20.9 Å². The minimum absolute atomic E-state index is 0.00241.